The van der Waals surface area contributed by atoms with Crippen LogP contribution in [0.2, 0.25) is 0 Å². The molecular formula is C53H57F4N9O6. The smallest absolute Gasteiger partial charge is 0.410 e. The van der Waals surface area contributed by atoms with Gasteiger partial charge in [-0.15, -0.1) is 0 Å². The molecule has 5 aromatic rings. The SMILES string of the molecule is CC1(c2ccc(C(NC(=O)C3CC(F)CN3C(=O)COC(=O)N3CCC3)c3ccccc3)cc2F)CC1.CC1(c2ccc(C(NC(=O)C3CC(F)CN3C(=O)Cc3cn[nH]n3)c3cccnc3)cc2F)CC1. The molecule has 3 aromatic carbocycles. The fourth-order valence-corrected chi connectivity index (χ4v) is 9.68. The molecule has 10 rings (SSSR count). The summed E-state index contributed by atoms with van der Waals surface area (Å²) in [4.78, 5) is 72.3. The summed E-state index contributed by atoms with van der Waals surface area (Å²) in [6.07, 6.45) is 5.60. The highest BCUT2D eigenvalue weighted by atomic mass is 19.1. The lowest BCUT2D eigenvalue weighted by Crippen LogP contribution is -2.49. The Morgan fingerprint density at radius 2 is 1.25 bits per heavy atom. The van der Waals surface area contributed by atoms with E-state index in [9.17, 15) is 32.8 Å². The highest BCUT2D eigenvalue weighted by Gasteiger charge is 2.45. The molecule has 3 saturated heterocycles. The number of alkyl halides is 2. The number of amides is 5. The number of halogens is 4. The first kappa shape index (κ1) is 49.8. The molecule has 5 aliphatic rings. The number of H-pyrrole nitrogens is 1. The van der Waals surface area contributed by atoms with Crippen LogP contribution < -0.4 is 10.6 Å². The molecule has 72 heavy (non-hydrogen) atoms. The molecule has 15 nitrogen and oxygen atoms in total. The van der Waals surface area contributed by atoms with Gasteiger partial charge in [0.05, 0.1) is 43.5 Å². The maximum Gasteiger partial charge on any atom is 0.410 e. The summed E-state index contributed by atoms with van der Waals surface area (Å²) in [5, 5.41) is 15.8. The first-order valence-corrected chi connectivity index (χ1v) is 24.4. The number of aromatic amines is 1. The van der Waals surface area contributed by atoms with Gasteiger partial charge in [-0.1, -0.05) is 74.5 Å². The summed E-state index contributed by atoms with van der Waals surface area (Å²) >= 11 is 0. The van der Waals surface area contributed by atoms with Gasteiger partial charge in [0.1, 0.15) is 36.1 Å². The summed E-state index contributed by atoms with van der Waals surface area (Å²) in [7, 11) is 0. The van der Waals surface area contributed by atoms with Crippen LogP contribution in [0.1, 0.15) is 110 Å². The predicted molar refractivity (Wildman–Crippen MR) is 254 cm³/mol. The van der Waals surface area contributed by atoms with Gasteiger partial charge in [-0.05, 0) is 94.5 Å². The monoisotopic (exact) mass is 991 g/mol. The number of pyridine rings is 1. The molecule has 2 aromatic heterocycles. The fourth-order valence-electron chi connectivity index (χ4n) is 9.68. The van der Waals surface area contributed by atoms with Gasteiger partial charge in [0.2, 0.25) is 17.7 Å². The second-order valence-corrected chi connectivity index (χ2v) is 20.0. The maximum atomic E-state index is 15.1. The second-order valence-electron chi connectivity index (χ2n) is 20.0. The average molecular weight is 992 g/mol. The van der Waals surface area contributed by atoms with Crippen LogP contribution in [0.3, 0.4) is 0 Å². The van der Waals surface area contributed by atoms with Gasteiger partial charge in [-0.2, -0.15) is 15.4 Å². The van der Waals surface area contributed by atoms with E-state index in [4.69, 9.17) is 4.74 Å². The highest BCUT2D eigenvalue weighted by molar-refractivity contribution is 5.90. The minimum absolute atomic E-state index is 0.0928. The van der Waals surface area contributed by atoms with E-state index in [1.165, 1.54) is 28.1 Å². The molecule has 378 valence electrons. The third-order valence-electron chi connectivity index (χ3n) is 14.7. The fraction of sp³-hybridized carbons (Fsp3) is 0.434. The lowest BCUT2D eigenvalue weighted by Gasteiger charge is -2.30. The molecule has 3 aliphatic heterocycles. The van der Waals surface area contributed by atoms with Crippen molar-refractivity contribution in [2.75, 3.05) is 32.8 Å². The van der Waals surface area contributed by atoms with Crippen molar-refractivity contribution in [1.82, 2.24) is 45.7 Å². The summed E-state index contributed by atoms with van der Waals surface area (Å²) < 4.78 is 64.0. The number of hydrogen-bond acceptors (Lipinski definition) is 9. The van der Waals surface area contributed by atoms with Crippen molar-refractivity contribution >= 4 is 29.7 Å². The number of benzene rings is 3. The van der Waals surface area contributed by atoms with Crippen LogP contribution in [0.4, 0.5) is 22.4 Å². The molecule has 2 aliphatic carbocycles. The zero-order valence-corrected chi connectivity index (χ0v) is 40.0. The Bertz CT molecular complexity index is 2780. The predicted octanol–water partition coefficient (Wildman–Crippen LogP) is 6.64. The lowest BCUT2D eigenvalue weighted by molar-refractivity contribution is -0.141. The minimum atomic E-state index is -1.38. The quantitative estimate of drug-likeness (QED) is 0.103. The van der Waals surface area contributed by atoms with E-state index in [0.29, 0.717) is 46.6 Å². The van der Waals surface area contributed by atoms with E-state index < -0.39 is 72.8 Å². The molecule has 5 fully saturated rings. The first-order valence-electron chi connectivity index (χ1n) is 24.4. The van der Waals surface area contributed by atoms with Crippen molar-refractivity contribution in [1.29, 1.82) is 0 Å². The van der Waals surface area contributed by atoms with Crippen LogP contribution in [0.15, 0.2) is 97.5 Å². The average Bonchev–Trinajstić information content (AvgIpc) is 4.05. The number of nitrogens with zero attached hydrogens (tertiary/aromatic N) is 6. The van der Waals surface area contributed by atoms with E-state index in [0.717, 1.165) is 42.6 Å². The zero-order valence-electron chi connectivity index (χ0n) is 40.0. The zero-order chi connectivity index (χ0) is 50.7. The molecule has 5 heterocycles. The van der Waals surface area contributed by atoms with Crippen molar-refractivity contribution < 1.29 is 46.3 Å². The van der Waals surface area contributed by atoms with Crippen LogP contribution in [0, 0.1) is 11.6 Å². The van der Waals surface area contributed by atoms with E-state index in [1.54, 1.807) is 42.7 Å². The van der Waals surface area contributed by atoms with Gasteiger partial charge in [0.25, 0.3) is 5.91 Å². The molecule has 6 atom stereocenters. The summed E-state index contributed by atoms with van der Waals surface area (Å²) in [5.74, 6) is -2.73. The van der Waals surface area contributed by atoms with Gasteiger partial charge in [-0.3, -0.25) is 24.2 Å². The third kappa shape index (κ3) is 11.1. The molecule has 5 amide bonds. The third-order valence-corrected chi connectivity index (χ3v) is 14.7. The molecule has 6 unspecified atom stereocenters. The number of carbonyl (C=O) groups excluding carboxylic acids is 5. The molecule has 0 bridgehead atoms. The number of aromatic nitrogens is 4. The number of nitrogens with one attached hydrogen (secondary N) is 3. The van der Waals surface area contributed by atoms with Crippen molar-refractivity contribution in [2.24, 2.45) is 0 Å². The normalized spacial score (nSPS) is 22.1. The Hall–Kier alpha value is -7.18. The van der Waals surface area contributed by atoms with Crippen LogP contribution in [-0.2, 0) is 41.2 Å². The minimum Gasteiger partial charge on any atom is -0.439 e. The van der Waals surface area contributed by atoms with E-state index in [2.05, 4.69) is 31.0 Å². The van der Waals surface area contributed by atoms with E-state index in [1.807, 2.05) is 50.2 Å². The number of carbonyl (C=O) groups is 5. The number of likely N-dealkylation sites (tertiary alicyclic amines) is 3. The lowest BCUT2D eigenvalue weighted by atomic mass is 9.92. The van der Waals surface area contributed by atoms with Crippen LogP contribution in [0.25, 0.3) is 0 Å². The first-order chi connectivity index (χ1) is 34.6. The van der Waals surface area contributed by atoms with Gasteiger partial charge in [0, 0.05) is 38.3 Å². The van der Waals surface area contributed by atoms with E-state index >= 15 is 8.78 Å². The molecule has 0 radical (unpaired) electrons. The topological polar surface area (TPSA) is 183 Å². The molecule has 3 N–H and O–H groups in total. The molecule has 0 spiro atoms. The maximum absolute atomic E-state index is 15.1. The van der Waals surface area contributed by atoms with Gasteiger partial charge >= 0.3 is 6.09 Å². The summed E-state index contributed by atoms with van der Waals surface area (Å²) in [6.45, 7) is 4.24. The second kappa shape index (κ2) is 20.9. The van der Waals surface area contributed by atoms with Crippen molar-refractivity contribution in [3.8, 4) is 0 Å². The van der Waals surface area contributed by atoms with E-state index in [-0.39, 0.29) is 54.8 Å². The van der Waals surface area contributed by atoms with Crippen molar-refractivity contribution in [3.63, 3.8) is 0 Å². The Balaban J connectivity index is 0.000000178. The summed E-state index contributed by atoms with van der Waals surface area (Å²) in [5.41, 5.74) is 3.94. The molecule has 2 saturated carbocycles. The number of ether oxygens (including phenoxy) is 1. The highest BCUT2D eigenvalue weighted by Crippen LogP contribution is 2.49. The Morgan fingerprint density at radius 1 is 0.708 bits per heavy atom. The van der Waals surface area contributed by atoms with Crippen LogP contribution >= 0.6 is 0 Å². The van der Waals surface area contributed by atoms with Gasteiger partial charge in [0.15, 0.2) is 6.61 Å². The Labute approximate surface area is 414 Å². The van der Waals surface area contributed by atoms with Gasteiger partial charge < -0.3 is 30.1 Å². The standard InChI is InChI=1S/C28H31F2N3O4.C25H26F2N6O2/c1-28(10-11-28)21-9-8-19(14-22(21)30)25(18-6-3-2-4-7-18)31-26(35)23-15-20(29)16-33(23)24(34)17-37-27(36)32-12-5-13-32;1-25(6-7-25)19-5-4-15(9-20(19)27)23(16-3-2-8-28-12-16)30-24(35)21-10-17(26)14-33(21)22(34)11-18-13-29-32-31-18/h2-4,6-9,14,20,23,25H,5,10-13,15-17H2,1H3,(H,31,35);2-5,8-9,12-13,17,21,23H,6-7,10-11,14H2,1H3,(H,30,35)(H,29,31,32). The Kier molecular flexibility index (Phi) is 14.4. The number of rotatable bonds is 14. The van der Waals surface area contributed by atoms with Crippen molar-refractivity contribution in [3.05, 3.63) is 148 Å². The Morgan fingerprint density at radius 3 is 1.72 bits per heavy atom. The molecular weight excluding hydrogens is 935 g/mol. The van der Waals surface area contributed by atoms with Crippen LogP contribution in [-0.4, -0.2) is 122 Å². The van der Waals surface area contributed by atoms with Crippen molar-refractivity contribution in [2.45, 2.75) is 113 Å². The largest absolute Gasteiger partial charge is 0.439 e. The molecule has 19 heteroatoms. The van der Waals surface area contributed by atoms with Gasteiger partial charge in [-0.25, -0.2) is 22.4 Å². The van der Waals surface area contributed by atoms with Crippen LogP contribution in [0.5, 0.6) is 0 Å². The summed E-state index contributed by atoms with van der Waals surface area (Å²) in [6, 6.07) is 19.2. The number of hydrogen-bond donors (Lipinski definition) is 3.